The van der Waals surface area contributed by atoms with E-state index < -0.39 is 18.1 Å². The number of ether oxygens (including phenoxy) is 1. The first-order chi connectivity index (χ1) is 14.1. The fourth-order valence-electron chi connectivity index (χ4n) is 3.97. The summed E-state index contributed by atoms with van der Waals surface area (Å²) in [4.78, 5) is 25.6. The second-order valence-corrected chi connectivity index (χ2v) is 7.07. The van der Waals surface area contributed by atoms with Crippen molar-refractivity contribution < 1.29 is 19.4 Å². The van der Waals surface area contributed by atoms with E-state index in [9.17, 15) is 14.7 Å². The second-order valence-electron chi connectivity index (χ2n) is 7.07. The summed E-state index contributed by atoms with van der Waals surface area (Å²) in [6.45, 7) is 0.151. The van der Waals surface area contributed by atoms with E-state index in [2.05, 4.69) is 12.1 Å². The first-order valence-corrected chi connectivity index (χ1v) is 9.43. The lowest BCUT2D eigenvalue weighted by molar-refractivity contribution is -0.142. The van der Waals surface area contributed by atoms with Gasteiger partial charge in [-0.05, 0) is 27.8 Å². The summed E-state index contributed by atoms with van der Waals surface area (Å²) in [7, 11) is 1.45. The standard InChI is InChI=1S/C24H21NO4/c1-25(22(23(26)27)16-9-3-2-4-10-16)24(28)29-15-21-19-13-7-5-11-17(19)18-12-6-8-14-20(18)21/h2-14,21-22H,15H2,1H3,(H,26,27)/t22-/m0/s1. The van der Waals surface area contributed by atoms with Gasteiger partial charge < -0.3 is 9.84 Å². The predicted molar refractivity (Wildman–Crippen MR) is 110 cm³/mol. The summed E-state index contributed by atoms with van der Waals surface area (Å²) in [6, 6.07) is 23.7. The number of aliphatic carboxylic acids is 1. The summed E-state index contributed by atoms with van der Waals surface area (Å²) in [5, 5.41) is 9.64. The zero-order valence-electron chi connectivity index (χ0n) is 16.0. The van der Waals surface area contributed by atoms with Gasteiger partial charge in [0, 0.05) is 13.0 Å². The van der Waals surface area contributed by atoms with Crippen molar-refractivity contribution >= 4 is 12.1 Å². The molecule has 0 spiro atoms. The molecule has 1 amide bonds. The Morgan fingerprint density at radius 3 is 1.97 bits per heavy atom. The van der Waals surface area contributed by atoms with Crippen LogP contribution in [0.1, 0.15) is 28.7 Å². The molecule has 146 valence electrons. The van der Waals surface area contributed by atoms with E-state index in [1.807, 2.05) is 36.4 Å². The molecule has 1 atom stereocenters. The van der Waals surface area contributed by atoms with E-state index in [-0.39, 0.29) is 12.5 Å². The van der Waals surface area contributed by atoms with Gasteiger partial charge in [0.2, 0.25) is 0 Å². The predicted octanol–water partition coefficient (Wildman–Crippen LogP) is 4.69. The Morgan fingerprint density at radius 1 is 0.897 bits per heavy atom. The number of rotatable bonds is 5. The Labute approximate surface area is 169 Å². The Kier molecular flexibility index (Phi) is 5.04. The van der Waals surface area contributed by atoms with Crippen molar-refractivity contribution in [2.45, 2.75) is 12.0 Å². The average molecular weight is 387 g/mol. The summed E-state index contributed by atoms with van der Waals surface area (Å²) in [6.07, 6.45) is -0.664. The van der Waals surface area contributed by atoms with Crippen molar-refractivity contribution in [2.75, 3.05) is 13.7 Å². The van der Waals surface area contributed by atoms with Crippen molar-refractivity contribution in [3.63, 3.8) is 0 Å². The Balaban J connectivity index is 1.53. The fraction of sp³-hybridized carbons (Fsp3) is 0.167. The van der Waals surface area contributed by atoms with Crippen LogP contribution in [0.3, 0.4) is 0 Å². The van der Waals surface area contributed by atoms with Gasteiger partial charge in [-0.25, -0.2) is 9.59 Å². The summed E-state index contributed by atoms with van der Waals surface area (Å²) >= 11 is 0. The number of hydrogen-bond donors (Lipinski definition) is 1. The highest BCUT2D eigenvalue weighted by molar-refractivity contribution is 5.82. The minimum Gasteiger partial charge on any atom is -0.479 e. The molecule has 0 saturated carbocycles. The number of fused-ring (bicyclic) bond motifs is 3. The first kappa shape index (κ1) is 18.7. The number of carboxylic acids is 1. The molecule has 1 aliphatic rings. The first-order valence-electron chi connectivity index (χ1n) is 9.43. The number of amides is 1. The highest BCUT2D eigenvalue weighted by Crippen LogP contribution is 2.44. The van der Waals surface area contributed by atoms with Crippen LogP contribution in [0.5, 0.6) is 0 Å². The third kappa shape index (κ3) is 3.47. The molecule has 5 heteroatoms. The van der Waals surface area contributed by atoms with E-state index >= 15 is 0 Å². The molecule has 3 aromatic rings. The number of carbonyl (C=O) groups is 2. The molecule has 0 fully saturated rings. The third-order valence-corrected chi connectivity index (χ3v) is 5.36. The van der Waals surface area contributed by atoms with Crippen LogP contribution >= 0.6 is 0 Å². The van der Waals surface area contributed by atoms with Gasteiger partial charge in [0.15, 0.2) is 6.04 Å². The SMILES string of the molecule is CN(C(=O)OCC1c2ccccc2-c2ccccc21)[C@H](C(=O)O)c1ccccc1. The van der Waals surface area contributed by atoms with Gasteiger partial charge in [0.1, 0.15) is 6.61 Å². The van der Waals surface area contributed by atoms with Crippen molar-refractivity contribution in [1.82, 2.24) is 4.90 Å². The Morgan fingerprint density at radius 2 is 1.41 bits per heavy atom. The highest BCUT2D eigenvalue weighted by Gasteiger charge is 2.32. The minimum atomic E-state index is -1.10. The van der Waals surface area contributed by atoms with Crippen LogP contribution in [-0.2, 0) is 9.53 Å². The zero-order valence-corrected chi connectivity index (χ0v) is 16.0. The van der Waals surface area contributed by atoms with Crippen molar-refractivity contribution in [1.29, 1.82) is 0 Å². The van der Waals surface area contributed by atoms with Gasteiger partial charge in [-0.1, -0.05) is 78.9 Å². The number of nitrogens with zero attached hydrogens (tertiary/aromatic N) is 1. The summed E-state index contributed by atoms with van der Waals surface area (Å²) < 4.78 is 5.58. The minimum absolute atomic E-state index is 0.0697. The zero-order chi connectivity index (χ0) is 20.4. The Bertz CT molecular complexity index is 1000. The normalized spacial score (nSPS) is 13.3. The topological polar surface area (TPSA) is 66.8 Å². The van der Waals surface area contributed by atoms with Crippen LogP contribution in [0.15, 0.2) is 78.9 Å². The molecule has 0 radical (unpaired) electrons. The quantitative estimate of drug-likeness (QED) is 0.689. The fourth-order valence-corrected chi connectivity index (χ4v) is 3.97. The van der Waals surface area contributed by atoms with Gasteiger partial charge >= 0.3 is 12.1 Å². The van der Waals surface area contributed by atoms with Gasteiger partial charge in [0.05, 0.1) is 0 Å². The number of benzene rings is 3. The molecule has 4 rings (SSSR count). The largest absolute Gasteiger partial charge is 0.479 e. The van der Waals surface area contributed by atoms with Crippen molar-refractivity contribution in [3.8, 4) is 11.1 Å². The number of hydrogen-bond acceptors (Lipinski definition) is 3. The second kappa shape index (κ2) is 7.80. The molecule has 1 aliphatic carbocycles. The van der Waals surface area contributed by atoms with E-state index in [0.717, 1.165) is 27.2 Å². The van der Waals surface area contributed by atoms with Crippen LogP contribution in [0.2, 0.25) is 0 Å². The van der Waals surface area contributed by atoms with Gasteiger partial charge in [-0.3, -0.25) is 4.90 Å². The Hall–Kier alpha value is -3.60. The van der Waals surface area contributed by atoms with Gasteiger partial charge in [-0.2, -0.15) is 0 Å². The smallest absolute Gasteiger partial charge is 0.410 e. The highest BCUT2D eigenvalue weighted by atomic mass is 16.6. The van der Waals surface area contributed by atoms with E-state index in [1.165, 1.54) is 7.05 Å². The van der Waals surface area contributed by atoms with Gasteiger partial charge in [-0.15, -0.1) is 0 Å². The maximum Gasteiger partial charge on any atom is 0.410 e. The lowest BCUT2D eigenvalue weighted by Crippen LogP contribution is -2.36. The number of carboxylic acid groups (broad SMARTS) is 1. The van der Waals surface area contributed by atoms with Gasteiger partial charge in [0.25, 0.3) is 0 Å². The maximum absolute atomic E-state index is 12.7. The van der Waals surface area contributed by atoms with E-state index in [4.69, 9.17) is 4.74 Å². The monoisotopic (exact) mass is 387 g/mol. The van der Waals surface area contributed by atoms with E-state index in [1.54, 1.807) is 30.3 Å². The maximum atomic E-state index is 12.7. The average Bonchev–Trinajstić information content (AvgIpc) is 3.06. The van der Waals surface area contributed by atoms with Crippen LogP contribution in [0.4, 0.5) is 4.79 Å². The number of likely N-dealkylation sites (N-methyl/N-ethyl adjacent to an activating group) is 1. The molecule has 3 aromatic carbocycles. The molecule has 0 saturated heterocycles. The molecule has 1 N–H and O–H groups in total. The lowest BCUT2D eigenvalue weighted by atomic mass is 9.98. The van der Waals surface area contributed by atoms with E-state index in [0.29, 0.717) is 5.56 Å². The molecule has 0 aliphatic heterocycles. The van der Waals surface area contributed by atoms with Crippen LogP contribution < -0.4 is 0 Å². The lowest BCUT2D eigenvalue weighted by Gasteiger charge is -2.25. The molecule has 0 aromatic heterocycles. The molecule has 0 heterocycles. The van der Waals surface area contributed by atoms with Crippen LogP contribution in [-0.4, -0.2) is 35.7 Å². The van der Waals surface area contributed by atoms with Crippen molar-refractivity contribution in [2.24, 2.45) is 0 Å². The van der Waals surface area contributed by atoms with Crippen LogP contribution in [0.25, 0.3) is 11.1 Å². The number of carbonyl (C=O) groups excluding carboxylic acids is 1. The van der Waals surface area contributed by atoms with Crippen LogP contribution in [0, 0.1) is 0 Å². The molecule has 5 nitrogen and oxygen atoms in total. The van der Waals surface area contributed by atoms with Crippen molar-refractivity contribution in [3.05, 3.63) is 95.6 Å². The molecule has 0 unspecified atom stereocenters. The molecular formula is C24H21NO4. The molecule has 0 bridgehead atoms. The summed E-state index contributed by atoms with van der Waals surface area (Å²) in [5.74, 6) is -1.17. The molecular weight excluding hydrogens is 366 g/mol. The third-order valence-electron chi connectivity index (χ3n) is 5.36. The molecule has 29 heavy (non-hydrogen) atoms. The summed E-state index contributed by atoms with van der Waals surface area (Å²) in [5.41, 5.74) is 5.04.